The molecule has 6 heteroatoms. The van der Waals surface area contributed by atoms with Gasteiger partial charge in [0.1, 0.15) is 0 Å². The van der Waals surface area contributed by atoms with Crippen molar-refractivity contribution in [3.05, 3.63) is 59.3 Å². The molecule has 0 spiro atoms. The van der Waals surface area contributed by atoms with E-state index >= 15 is 0 Å². The van der Waals surface area contributed by atoms with E-state index in [0.717, 1.165) is 49.4 Å². The summed E-state index contributed by atoms with van der Waals surface area (Å²) in [5.74, 6) is 0.472. The molecule has 0 bridgehead atoms. The second-order valence-electron chi connectivity index (χ2n) is 7.16. The summed E-state index contributed by atoms with van der Waals surface area (Å²) in [5, 5.41) is 4.49. The van der Waals surface area contributed by atoms with Crippen molar-refractivity contribution in [3.8, 4) is 0 Å². The van der Waals surface area contributed by atoms with Crippen molar-refractivity contribution in [1.29, 1.82) is 0 Å². The smallest absolute Gasteiger partial charge is 0.274 e. The zero-order valence-corrected chi connectivity index (χ0v) is 15.2. The molecule has 1 amide bonds. The maximum Gasteiger partial charge on any atom is 0.274 e. The van der Waals surface area contributed by atoms with Gasteiger partial charge >= 0.3 is 0 Å². The van der Waals surface area contributed by atoms with Gasteiger partial charge in [-0.15, -0.1) is 0 Å². The number of carbonyl (C=O) groups excluding carboxylic acids is 1. The first-order valence-corrected chi connectivity index (χ1v) is 9.12. The molecule has 4 rings (SSSR count). The molecule has 0 saturated carbocycles. The molecule has 0 aromatic carbocycles. The fourth-order valence-corrected chi connectivity index (χ4v) is 3.82. The number of rotatable bonds is 3. The van der Waals surface area contributed by atoms with Crippen LogP contribution in [0.5, 0.6) is 0 Å². The van der Waals surface area contributed by atoms with Crippen molar-refractivity contribution in [2.45, 2.75) is 33.1 Å². The summed E-state index contributed by atoms with van der Waals surface area (Å²) in [7, 11) is 0. The summed E-state index contributed by atoms with van der Waals surface area (Å²) in [4.78, 5) is 23.6. The number of likely N-dealkylation sites (tertiary alicyclic amines) is 1. The van der Waals surface area contributed by atoms with E-state index in [1.165, 1.54) is 5.56 Å². The van der Waals surface area contributed by atoms with Crippen molar-refractivity contribution in [2.75, 3.05) is 13.1 Å². The van der Waals surface area contributed by atoms with Crippen LogP contribution in [-0.4, -0.2) is 43.5 Å². The number of nitrogens with zero attached hydrogens (tertiary/aromatic N) is 5. The van der Waals surface area contributed by atoms with E-state index in [-0.39, 0.29) is 5.91 Å². The van der Waals surface area contributed by atoms with Crippen LogP contribution in [0, 0.1) is 19.8 Å². The molecule has 4 heterocycles. The topological polar surface area (TPSA) is 63.4 Å². The minimum absolute atomic E-state index is 0.00318. The average molecular weight is 349 g/mol. The van der Waals surface area contributed by atoms with E-state index < -0.39 is 0 Å². The van der Waals surface area contributed by atoms with Crippen LogP contribution in [-0.2, 0) is 6.42 Å². The number of piperidine rings is 1. The van der Waals surface area contributed by atoms with Crippen LogP contribution in [0.2, 0.25) is 0 Å². The van der Waals surface area contributed by atoms with Gasteiger partial charge in [0.05, 0.1) is 0 Å². The Morgan fingerprint density at radius 2 is 2.19 bits per heavy atom. The molecular weight excluding hydrogens is 326 g/mol. The van der Waals surface area contributed by atoms with Gasteiger partial charge in [0.2, 0.25) is 0 Å². The summed E-state index contributed by atoms with van der Waals surface area (Å²) in [6.45, 7) is 5.50. The molecule has 1 unspecified atom stereocenters. The number of fused-ring (bicyclic) bond motifs is 1. The second-order valence-corrected chi connectivity index (χ2v) is 7.16. The lowest BCUT2D eigenvalue weighted by Gasteiger charge is -2.32. The Morgan fingerprint density at radius 1 is 1.31 bits per heavy atom. The lowest BCUT2D eigenvalue weighted by molar-refractivity contribution is 0.0667. The molecule has 3 aromatic rings. The van der Waals surface area contributed by atoms with Gasteiger partial charge in [-0.25, -0.2) is 9.50 Å². The lowest BCUT2D eigenvalue weighted by atomic mass is 9.92. The van der Waals surface area contributed by atoms with E-state index in [9.17, 15) is 4.79 Å². The minimum atomic E-state index is 0.00318. The molecule has 26 heavy (non-hydrogen) atoms. The Kier molecular flexibility index (Phi) is 4.41. The molecule has 1 aliphatic rings. The van der Waals surface area contributed by atoms with E-state index in [1.54, 1.807) is 16.8 Å². The molecular formula is C20H23N5O. The number of hydrogen-bond acceptors (Lipinski definition) is 4. The van der Waals surface area contributed by atoms with Crippen LogP contribution in [0.3, 0.4) is 0 Å². The standard InChI is InChI=1S/C20H23N5O/c1-14-9-15(2)25-19(22-14)11-18(23-25)20(26)24-8-4-6-17(13-24)10-16-5-3-7-21-12-16/h3,5,7,9,11-12,17H,4,6,8,10,13H2,1-2H3. The molecule has 0 aliphatic carbocycles. The van der Waals surface area contributed by atoms with Gasteiger partial charge in [0.15, 0.2) is 11.3 Å². The van der Waals surface area contributed by atoms with E-state index in [1.807, 2.05) is 37.1 Å². The summed E-state index contributed by atoms with van der Waals surface area (Å²) in [6, 6.07) is 7.84. The zero-order chi connectivity index (χ0) is 18.1. The fourth-order valence-electron chi connectivity index (χ4n) is 3.82. The first-order chi connectivity index (χ1) is 12.6. The Hall–Kier alpha value is -2.76. The van der Waals surface area contributed by atoms with Gasteiger partial charge in [0, 0.05) is 42.9 Å². The normalized spacial score (nSPS) is 17.6. The fraction of sp³-hybridized carbons (Fsp3) is 0.400. The number of carbonyl (C=O) groups is 1. The highest BCUT2D eigenvalue weighted by molar-refractivity contribution is 5.93. The highest BCUT2D eigenvalue weighted by atomic mass is 16.2. The van der Waals surface area contributed by atoms with E-state index in [2.05, 4.69) is 21.1 Å². The SMILES string of the molecule is Cc1cc(C)n2nc(C(=O)N3CCCC(Cc4cccnc4)C3)cc2n1. The van der Waals surface area contributed by atoms with E-state index in [0.29, 0.717) is 11.6 Å². The molecule has 6 nitrogen and oxygen atoms in total. The minimum Gasteiger partial charge on any atom is -0.337 e. The van der Waals surface area contributed by atoms with Crippen molar-refractivity contribution >= 4 is 11.6 Å². The van der Waals surface area contributed by atoms with Crippen molar-refractivity contribution < 1.29 is 4.79 Å². The third-order valence-corrected chi connectivity index (χ3v) is 5.01. The Labute approximate surface area is 152 Å². The molecule has 0 N–H and O–H groups in total. The van der Waals surface area contributed by atoms with Gasteiger partial charge in [-0.3, -0.25) is 9.78 Å². The van der Waals surface area contributed by atoms with Crippen LogP contribution in [0.25, 0.3) is 5.65 Å². The first-order valence-electron chi connectivity index (χ1n) is 9.12. The molecule has 1 saturated heterocycles. The van der Waals surface area contributed by atoms with Crippen LogP contribution in [0.15, 0.2) is 36.7 Å². The Morgan fingerprint density at radius 3 is 3.00 bits per heavy atom. The van der Waals surface area contributed by atoms with Crippen LogP contribution in [0.1, 0.15) is 40.3 Å². The van der Waals surface area contributed by atoms with Crippen molar-refractivity contribution in [2.24, 2.45) is 5.92 Å². The molecule has 1 fully saturated rings. The zero-order valence-electron chi connectivity index (χ0n) is 15.2. The quantitative estimate of drug-likeness (QED) is 0.729. The Bertz CT molecular complexity index is 934. The molecule has 0 radical (unpaired) electrons. The predicted octanol–water partition coefficient (Wildman–Crippen LogP) is 2.84. The van der Waals surface area contributed by atoms with Crippen LogP contribution < -0.4 is 0 Å². The second kappa shape index (κ2) is 6.86. The number of hydrogen-bond donors (Lipinski definition) is 0. The van der Waals surface area contributed by atoms with E-state index in [4.69, 9.17) is 0 Å². The third kappa shape index (κ3) is 3.31. The molecule has 1 atom stereocenters. The van der Waals surface area contributed by atoms with Crippen LogP contribution in [0.4, 0.5) is 0 Å². The maximum absolute atomic E-state index is 13.0. The maximum atomic E-state index is 13.0. The van der Waals surface area contributed by atoms with Gasteiger partial charge in [0.25, 0.3) is 5.91 Å². The summed E-state index contributed by atoms with van der Waals surface area (Å²) in [5.41, 5.74) is 4.36. The molecule has 3 aromatic heterocycles. The largest absolute Gasteiger partial charge is 0.337 e. The molecule has 134 valence electrons. The number of pyridine rings is 1. The Balaban J connectivity index is 1.51. The van der Waals surface area contributed by atoms with Crippen molar-refractivity contribution in [3.63, 3.8) is 0 Å². The van der Waals surface area contributed by atoms with Gasteiger partial charge in [-0.05, 0) is 56.7 Å². The number of aromatic nitrogens is 4. The lowest BCUT2D eigenvalue weighted by Crippen LogP contribution is -2.40. The summed E-state index contributed by atoms with van der Waals surface area (Å²) >= 11 is 0. The highest BCUT2D eigenvalue weighted by Gasteiger charge is 2.26. The van der Waals surface area contributed by atoms with Gasteiger partial charge in [-0.1, -0.05) is 6.07 Å². The number of aryl methyl sites for hydroxylation is 2. The third-order valence-electron chi connectivity index (χ3n) is 5.01. The predicted molar refractivity (Wildman–Crippen MR) is 99.0 cm³/mol. The number of amides is 1. The average Bonchev–Trinajstić information content (AvgIpc) is 3.06. The van der Waals surface area contributed by atoms with Gasteiger partial charge < -0.3 is 4.90 Å². The summed E-state index contributed by atoms with van der Waals surface area (Å²) < 4.78 is 1.75. The monoisotopic (exact) mass is 349 g/mol. The van der Waals surface area contributed by atoms with Crippen LogP contribution >= 0.6 is 0 Å². The first kappa shape index (κ1) is 16.7. The summed E-state index contributed by atoms with van der Waals surface area (Å²) in [6.07, 6.45) is 6.84. The van der Waals surface area contributed by atoms with Gasteiger partial charge in [-0.2, -0.15) is 5.10 Å². The molecule has 1 aliphatic heterocycles. The highest BCUT2D eigenvalue weighted by Crippen LogP contribution is 2.22. The van der Waals surface area contributed by atoms with Crippen molar-refractivity contribution in [1.82, 2.24) is 24.5 Å².